The third-order valence-corrected chi connectivity index (χ3v) is 5.49. The summed E-state index contributed by atoms with van der Waals surface area (Å²) in [5.74, 6) is 1.70. The van der Waals surface area contributed by atoms with Gasteiger partial charge < -0.3 is 4.57 Å². The highest BCUT2D eigenvalue weighted by atomic mass is 19.1. The average Bonchev–Trinajstić information content (AvgIpc) is 3.18. The molecule has 2 aliphatic rings. The lowest BCUT2D eigenvalue weighted by atomic mass is 9.93. The first-order chi connectivity index (χ1) is 11.6. The van der Waals surface area contributed by atoms with E-state index in [-0.39, 0.29) is 6.04 Å². The molecule has 4 rings (SSSR count). The average molecular weight is 332 g/mol. The van der Waals surface area contributed by atoms with Gasteiger partial charge in [-0.3, -0.25) is 4.90 Å². The fourth-order valence-electron chi connectivity index (χ4n) is 4.06. The minimum atomic E-state index is -0.525. The minimum Gasteiger partial charge on any atom is -0.315 e. The lowest BCUT2D eigenvalue weighted by molar-refractivity contribution is 0.156. The minimum absolute atomic E-state index is 0.0457. The van der Waals surface area contributed by atoms with E-state index in [2.05, 4.69) is 19.7 Å². The van der Waals surface area contributed by atoms with E-state index in [9.17, 15) is 8.78 Å². The number of rotatable bonds is 3. The number of nitrogens with zero attached hydrogens (tertiary/aromatic N) is 4. The third-order valence-electron chi connectivity index (χ3n) is 5.49. The van der Waals surface area contributed by atoms with Crippen LogP contribution in [0.2, 0.25) is 0 Å². The number of piperidine rings is 1. The van der Waals surface area contributed by atoms with E-state index in [1.54, 1.807) is 6.07 Å². The van der Waals surface area contributed by atoms with Crippen molar-refractivity contribution in [1.82, 2.24) is 19.7 Å². The SMILES string of the molecule is C[C@@H](c1ccc(F)cc1F)N1CCC(c2nnc3n2CCC3)CC1. The van der Waals surface area contributed by atoms with Gasteiger partial charge in [-0.2, -0.15) is 0 Å². The summed E-state index contributed by atoms with van der Waals surface area (Å²) in [7, 11) is 0. The molecule has 1 fully saturated rings. The van der Waals surface area contributed by atoms with E-state index in [1.807, 2.05) is 6.92 Å². The summed E-state index contributed by atoms with van der Waals surface area (Å²) in [6, 6.07) is 3.82. The molecule has 128 valence electrons. The molecule has 1 saturated heterocycles. The maximum absolute atomic E-state index is 14.0. The van der Waals surface area contributed by atoms with Crippen LogP contribution in [-0.4, -0.2) is 32.8 Å². The number of likely N-dealkylation sites (tertiary alicyclic amines) is 1. The Morgan fingerprint density at radius 1 is 1.12 bits per heavy atom. The molecule has 24 heavy (non-hydrogen) atoms. The molecule has 6 heteroatoms. The summed E-state index contributed by atoms with van der Waals surface area (Å²) in [4.78, 5) is 2.27. The summed E-state index contributed by atoms with van der Waals surface area (Å²) < 4.78 is 29.4. The van der Waals surface area contributed by atoms with Gasteiger partial charge in [0.15, 0.2) is 0 Å². The largest absolute Gasteiger partial charge is 0.315 e. The van der Waals surface area contributed by atoms with E-state index < -0.39 is 11.6 Å². The van der Waals surface area contributed by atoms with E-state index in [0.29, 0.717) is 11.5 Å². The molecule has 3 heterocycles. The lowest BCUT2D eigenvalue weighted by Gasteiger charge is -2.36. The molecule has 0 N–H and O–H groups in total. The lowest BCUT2D eigenvalue weighted by Crippen LogP contribution is -2.36. The Hall–Kier alpha value is -1.82. The highest BCUT2D eigenvalue weighted by molar-refractivity contribution is 5.22. The number of benzene rings is 1. The zero-order chi connectivity index (χ0) is 16.7. The van der Waals surface area contributed by atoms with Gasteiger partial charge in [-0.1, -0.05) is 6.07 Å². The Bertz CT molecular complexity index is 735. The molecular weight excluding hydrogens is 310 g/mol. The van der Waals surface area contributed by atoms with Crippen molar-refractivity contribution in [2.24, 2.45) is 0 Å². The summed E-state index contributed by atoms with van der Waals surface area (Å²) in [6.07, 6.45) is 4.21. The quantitative estimate of drug-likeness (QED) is 0.863. The highest BCUT2D eigenvalue weighted by Gasteiger charge is 2.30. The summed E-state index contributed by atoms with van der Waals surface area (Å²) in [6.45, 7) is 4.82. The first-order valence-electron chi connectivity index (χ1n) is 8.74. The van der Waals surface area contributed by atoms with Crippen molar-refractivity contribution in [3.05, 3.63) is 47.0 Å². The topological polar surface area (TPSA) is 34.0 Å². The van der Waals surface area contributed by atoms with Crippen LogP contribution in [0, 0.1) is 11.6 Å². The van der Waals surface area contributed by atoms with Gasteiger partial charge in [0, 0.05) is 36.6 Å². The van der Waals surface area contributed by atoms with E-state index in [4.69, 9.17) is 0 Å². The van der Waals surface area contributed by atoms with Gasteiger partial charge in [-0.05, 0) is 45.3 Å². The van der Waals surface area contributed by atoms with Crippen molar-refractivity contribution in [3.8, 4) is 0 Å². The molecule has 0 bridgehead atoms. The number of hydrogen-bond acceptors (Lipinski definition) is 3. The Morgan fingerprint density at radius 3 is 2.67 bits per heavy atom. The van der Waals surface area contributed by atoms with E-state index >= 15 is 0 Å². The number of aryl methyl sites for hydroxylation is 1. The zero-order valence-electron chi connectivity index (χ0n) is 13.9. The molecule has 2 aromatic rings. The van der Waals surface area contributed by atoms with Gasteiger partial charge in [-0.15, -0.1) is 10.2 Å². The maximum Gasteiger partial charge on any atom is 0.136 e. The van der Waals surface area contributed by atoms with Crippen molar-refractivity contribution in [1.29, 1.82) is 0 Å². The highest BCUT2D eigenvalue weighted by Crippen LogP contribution is 2.33. The van der Waals surface area contributed by atoms with Crippen LogP contribution in [-0.2, 0) is 13.0 Å². The molecular formula is C18H22F2N4. The van der Waals surface area contributed by atoms with Crippen LogP contribution in [0.5, 0.6) is 0 Å². The smallest absolute Gasteiger partial charge is 0.136 e. The second-order valence-corrected chi connectivity index (χ2v) is 6.88. The second-order valence-electron chi connectivity index (χ2n) is 6.88. The molecule has 1 atom stereocenters. The van der Waals surface area contributed by atoms with Crippen molar-refractivity contribution in [2.75, 3.05) is 13.1 Å². The number of aromatic nitrogens is 3. The van der Waals surface area contributed by atoms with Crippen LogP contribution in [0.15, 0.2) is 18.2 Å². The first-order valence-corrected chi connectivity index (χ1v) is 8.74. The van der Waals surface area contributed by atoms with Gasteiger partial charge in [0.2, 0.25) is 0 Å². The molecule has 0 unspecified atom stereocenters. The van der Waals surface area contributed by atoms with Crippen LogP contribution in [0.1, 0.15) is 55.4 Å². The summed E-state index contributed by atoms with van der Waals surface area (Å²) in [5, 5.41) is 8.71. The van der Waals surface area contributed by atoms with Crippen molar-refractivity contribution < 1.29 is 8.78 Å². The molecule has 4 nitrogen and oxygen atoms in total. The normalized spacial score (nSPS) is 20.3. The molecule has 0 amide bonds. The predicted octanol–water partition coefficient (Wildman–Crippen LogP) is 3.44. The summed E-state index contributed by atoms with van der Waals surface area (Å²) in [5.41, 5.74) is 0.568. The molecule has 1 aromatic heterocycles. The van der Waals surface area contributed by atoms with Gasteiger partial charge in [0.05, 0.1) is 0 Å². The van der Waals surface area contributed by atoms with Crippen LogP contribution in [0.25, 0.3) is 0 Å². The monoisotopic (exact) mass is 332 g/mol. The molecule has 0 saturated carbocycles. The first kappa shape index (κ1) is 15.7. The Morgan fingerprint density at radius 2 is 1.92 bits per heavy atom. The summed E-state index contributed by atoms with van der Waals surface area (Å²) >= 11 is 0. The molecule has 1 aromatic carbocycles. The van der Waals surface area contributed by atoms with Crippen LogP contribution in [0.4, 0.5) is 8.78 Å². The Labute approximate surface area is 140 Å². The molecule has 0 aliphatic carbocycles. The fraction of sp³-hybridized carbons (Fsp3) is 0.556. The van der Waals surface area contributed by atoms with E-state index in [1.165, 1.54) is 6.07 Å². The van der Waals surface area contributed by atoms with Crippen molar-refractivity contribution in [3.63, 3.8) is 0 Å². The Kier molecular flexibility index (Phi) is 4.08. The number of hydrogen-bond donors (Lipinski definition) is 0. The molecule has 0 radical (unpaired) electrons. The fourth-order valence-corrected chi connectivity index (χ4v) is 4.06. The Balaban J connectivity index is 1.44. The standard InChI is InChI=1S/C18H22F2N4/c1-12(15-5-4-14(19)11-16(15)20)23-9-6-13(7-10-23)18-22-21-17-3-2-8-24(17)18/h4-5,11-13H,2-3,6-10H2,1H3/t12-/m0/s1. The third kappa shape index (κ3) is 2.73. The zero-order valence-corrected chi connectivity index (χ0v) is 13.9. The second kappa shape index (κ2) is 6.24. The van der Waals surface area contributed by atoms with Crippen molar-refractivity contribution in [2.45, 2.75) is 51.1 Å². The predicted molar refractivity (Wildman–Crippen MR) is 86.7 cm³/mol. The maximum atomic E-state index is 14.0. The van der Waals surface area contributed by atoms with Gasteiger partial charge >= 0.3 is 0 Å². The van der Waals surface area contributed by atoms with Gasteiger partial charge in [0.1, 0.15) is 23.3 Å². The molecule has 2 aliphatic heterocycles. The van der Waals surface area contributed by atoms with Crippen LogP contribution in [0.3, 0.4) is 0 Å². The van der Waals surface area contributed by atoms with E-state index in [0.717, 1.165) is 63.0 Å². The van der Waals surface area contributed by atoms with Gasteiger partial charge in [0.25, 0.3) is 0 Å². The van der Waals surface area contributed by atoms with Crippen LogP contribution >= 0.6 is 0 Å². The van der Waals surface area contributed by atoms with Gasteiger partial charge in [-0.25, -0.2) is 8.78 Å². The number of halogens is 2. The molecule has 0 spiro atoms. The van der Waals surface area contributed by atoms with Crippen molar-refractivity contribution >= 4 is 0 Å². The van der Waals surface area contributed by atoms with Crippen LogP contribution < -0.4 is 0 Å². The number of fused-ring (bicyclic) bond motifs is 1.